The Morgan fingerprint density at radius 3 is 2.93 bits per heavy atom. The topological polar surface area (TPSA) is 75.9 Å². The number of piperidine rings is 1. The lowest BCUT2D eigenvalue weighted by molar-refractivity contribution is 0.346. The van der Waals surface area contributed by atoms with Gasteiger partial charge >= 0.3 is 0 Å². The van der Waals surface area contributed by atoms with Gasteiger partial charge in [0.25, 0.3) is 0 Å². The molecule has 2 aliphatic rings. The first kappa shape index (κ1) is 17.8. The Balaban J connectivity index is 1.39. The van der Waals surface area contributed by atoms with Gasteiger partial charge in [-0.15, -0.1) is 0 Å². The lowest BCUT2D eigenvalue weighted by Crippen LogP contribution is -2.39. The molecule has 30 heavy (non-hydrogen) atoms. The van der Waals surface area contributed by atoms with Gasteiger partial charge in [-0.3, -0.25) is 9.67 Å². The molecule has 152 valence electrons. The third kappa shape index (κ3) is 2.76. The maximum Gasteiger partial charge on any atom is 0.193 e. The largest absolute Gasteiger partial charge is 0.504 e. The van der Waals surface area contributed by atoms with Crippen LogP contribution in [0.15, 0.2) is 36.7 Å². The summed E-state index contributed by atoms with van der Waals surface area (Å²) in [6, 6.07) is 7.95. The molecule has 6 rings (SSSR count). The van der Waals surface area contributed by atoms with Gasteiger partial charge in [-0.05, 0) is 61.9 Å². The number of nitrogens with one attached hydrogen (secondary N) is 1. The van der Waals surface area contributed by atoms with Crippen molar-refractivity contribution >= 4 is 21.9 Å². The summed E-state index contributed by atoms with van der Waals surface area (Å²) < 4.78 is 16.1. The van der Waals surface area contributed by atoms with Crippen molar-refractivity contribution in [2.24, 2.45) is 7.05 Å². The van der Waals surface area contributed by atoms with E-state index in [2.05, 4.69) is 32.5 Å². The predicted octanol–water partition coefficient (Wildman–Crippen LogP) is 4.03. The normalized spacial score (nSPS) is 20.3. The highest BCUT2D eigenvalue weighted by atomic mass is 19.1. The van der Waals surface area contributed by atoms with Gasteiger partial charge in [-0.25, -0.2) is 9.37 Å². The zero-order chi connectivity index (χ0) is 20.5. The van der Waals surface area contributed by atoms with Gasteiger partial charge in [0, 0.05) is 29.7 Å². The maximum absolute atomic E-state index is 14.6. The van der Waals surface area contributed by atoms with Gasteiger partial charge in [-0.1, -0.05) is 6.07 Å². The standard InChI is InChI=1S/C23H22FN5O/c1-29-12-15-8-16(22(30)20(24)21(15)28-29)19-11-25-18-9-13(2-3-17(18)27-19)14-4-7-26-23(10-14)5-6-23/h2-3,8-9,11-12,14,26,30H,4-7,10H2,1H3/t14-/m1/s1. The molecule has 1 aliphatic heterocycles. The summed E-state index contributed by atoms with van der Waals surface area (Å²) in [5, 5.41) is 18.7. The fourth-order valence-electron chi connectivity index (χ4n) is 4.82. The smallest absolute Gasteiger partial charge is 0.193 e. The molecule has 2 fully saturated rings. The van der Waals surface area contributed by atoms with E-state index in [-0.39, 0.29) is 5.52 Å². The highest BCUT2D eigenvalue weighted by molar-refractivity contribution is 5.88. The lowest BCUT2D eigenvalue weighted by Gasteiger charge is -2.30. The van der Waals surface area contributed by atoms with Crippen molar-refractivity contribution in [2.75, 3.05) is 6.54 Å². The minimum absolute atomic E-state index is 0.146. The van der Waals surface area contributed by atoms with Crippen LogP contribution in [-0.4, -0.2) is 36.9 Å². The molecule has 2 aromatic carbocycles. The molecule has 2 aromatic heterocycles. The van der Waals surface area contributed by atoms with Gasteiger partial charge in [0.1, 0.15) is 5.52 Å². The number of phenolic OH excluding ortho intramolecular Hbond substituents is 1. The van der Waals surface area contributed by atoms with Crippen LogP contribution in [0.3, 0.4) is 0 Å². The Kier molecular flexibility index (Phi) is 3.68. The number of aryl methyl sites for hydroxylation is 1. The summed E-state index contributed by atoms with van der Waals surface area (Å²) in [6.07, 6.45) is 8.20. The Labute approximate surface area is 172 Å². The maximum atomic E-state index is 14.6. The molecule has 1 spiro atoms. The van der Waals surface area contributed by atoms with E-state index in [1.807, 2.05) is 6.07 Å². The average Bonchev–Trinajstić information content (AvgIpc) is 3.38. The monoisotopic (exact) mass is 403 g/mol. The summed E-state index contributed by atoms with van der Waals surface area (Å²) in [5.41, 5.74) is 4.15. The molecule has 1 atom stereocenters. The quantitative estimate of drug-likeness (QED) is 0.529. The van der Waals surface area contributed by atoms with Crippen LogP contribution in [0.1, 0.15) is 37.2 Å². The van der Waals surface area contributed by atoms with Crippen LogP contribution in [0, 0.1) is 5.82 Å². The average molecular weight is 403 g/mol. The zero-order valence-corrected chi connectivity index (χ0v) is 16.7. The number of hydrogen-bond donors (Lipinski definition) is 2. The van der Waals surface area contributed by atoms with E-state index in [0.717, 1.165) is 24.0 Å². The van der Waals surface area contributed by atoms with Crippen molar-refractivity contribution in [3.05, 3.63) is 48.0 Å². The highest BCUT2D eigenvalue weighted by Crippen LogP contribution is 2.47. The van der Waals surface area contributed by atoms with Crippen molar-refractivity contribution in [1.29, 1.82) is 0 Å². The molecule has 1 saturated heterocycles. The number of fused-ring (bicyclic) bond motifs is 2. The summed E-state index contributed by atoms with van der Waals surface area (Å²) in [4.78, 5) is 9.25. The number of aromatic hydroxyl groups is 1. The number of benzene rings is 2. The van der Waals surface area contributed by atoms with Gasteiger partial charge < -0.3 is 10.4 Å². The first-order valence-corrected chi connectivity index (χ1v) is 10.4. The van der Waals surface area contributed by atoms with Gasteiger partial charge in [0.15, 0.2) is 11.6 Å². The fourth-order valence-corrected chi connectivity index (χ4v) is 4.82. The van der Waals surface area contributed by atoms with E-state index in [1.165, 1.54) is 29.5 Å². The number of phenols is 1. The molecular weight excluding hydrogens is 381 g/mol. The van der Waals surface area contributed by atoms with E-state index < -0.39 is 11.6 Å². The molecule has 0 amide bonds. The van der Waals surface area contributed by atoms with Crippen LogP contribution in [0.2, 0.25) is 0 Å². The second kappa shape index (κ2) is 6.22. The van der Waals surface area contributed by atoms with Crippen LogP contribution in [0.25, 0.3) is 33.2 Å². The van der Waals surface area contributed by atoms with Crippen molar-refractivity contribution in [3.8, 4) is 17.0 Å². The van der Waals surface area contributed by atoms with Crippen LogP contribution < -0.4 is 5.32 Å². The Morgan fingerprint density at radius 2 is 2.10 bits per heavy atom. The molecule has 0 radical (unpaired) electrons. The van der Waals surface area contributed by atoms with Gasteiger partial charge in [-0.2, -0.15) is 5.10 Å². The second-order valence-corrected chi connectivity index (χ2v) is 8.73. The Hall–Kier alpha value is -3.06. The molecule has 6 nitrogen and oxygen atoms in total. The number of nitrogens with zero attached hydrogens (tertiary/aromatic N) is 4. The Morgan fingerprint density at radius 1 is 1.23 bits per heavy atom. The molecule has 7 heteroatoms. The van der Waals surface area contributed by atoms with Gasteiger partial charge in [0.2, 0.25) is 0 Å². The summed E-state index contributed by atoms with van der Waals surface area (Å²) in [7, 11) is 1.72. The molecule has 0 unspecified atom stereocenters. The third-order valence-corrected chi connectivity index (χ3v) is 6.63. The second-order valence-electron chi connectivity index (χ2n) is 8.73. The van der Waals surface area contributed by atoms with Crippen LogP contribution in [0.4, 0.5) is 4.39 Å². The molecule has 1 saturated carbocycles. The SMILES string of the molecule is Cn1cc2cc(-c3cnc4cc([C@@H]5CCNC6(CC6)C5)ccc4n3)c(O)c(F)c2n1. The van der Waals surface area contributed by atoms with Crippen molar-refractivity contribution in [1.82, 2.24) is 25.1 Å². The van der Waals surface area contributed by atoms with E-state index in [1.54, 1.807) is 25.5 Å². The van der Waals surface area contributed by atoms with Crippen LogP contribution >= 0.6 is 0 Å². The van der Waals surface area contributed by atoms with Gasteiger partial charge in [0.05, 0.1) is 22.9 Å². The third-order valence-electron chi connectivity index (χ3n) is 6.63. The predicted molar refractivity (Wildman–Crippen MR) is 113 cm³/mol. The van der Waals surface area contributed by atoms with E-state index in [4.69, 9.17) is 0 Å². The summed E-state index contributed by atoms with van der Waals surface area (Å²) >= 11 is 0. The first-order chi connectivity index (χ1) is 14.5. The van der Waals surface area contributed by atoms with Crippen LogP contribution in [0.5, 0.6) is 5.75 Å². The minimum Gasteiger partial charge on any atom is -0.504 e. The van der Waals surface area contributed by atoms with E-state index in [9.17, 15) is 9.50 Å². The molecule has 3 heterocycles. The fraction of sp³-hybridized carbons (Fsp3) is 0.348. The van der Waals surface area contributed by atoms with Crippen molar-refractivity contribution in [3.63, 3.8) is 0 Å². The molecular formula is C23H22FN5O. The molecule has 0 bridgehead atoms. The van der Waals surface area contributed by atoms with Crippen molar-refractivity contribution < 1.29 is 9.50 Å². The van der Waals surface area contributed by atoms with Crippen molar-refractivity contribution in [2.45, 2.75) is 37.1 Å². The zero-order valence-electron chi connectivity index (χ0n) is 16.7. The lowest BCUT2D eigenvalue weighted by atomic mass is 9.85. The molecule has 2 N–H and O–H groups in total. The van der Waals surface area contributed by atoms with Crippen LogP contribution in [-0.2, 0) is 7.05 Å². The minimum atomic E-state index is -0.736. The summed E-state index contributed by atoms with van der Waals surface area (Å²) in [5.74, 6) is -0.637. The first-order valence-electron chi connectivity index (χ1n) is 10.4. The Bertz CT molecular complexity index is 1310. The van der Waals surface area contributed by atoms with E-state index >= 15 is 0 Å². The number of aromatic nitrogens is 4. The molecule has 4 aromatic rings. The highest BCUT2D eigenvalue weighted by Gasteiger charge is 2.45. The number of hydrogen-bond acceptors (Lipinski definition) is 5. The summed E-state index contributed by atoms with van der Waals surface area (Å²) in [6.45, 7) is 1.06. The molecule has 1 aliphatic carbocycles. The number of halogens is 1. The number of rotatable bonds is 2. The van der Waals surface area contributed by atoms with E-state index in [0.29, 0.717) is 28.1 Å².